The van der Waals surface area contributed by atoms with Crippen LogP contribution in [-0.4, -0.2) is 48.9 Å². The molecule has 1 fully saturated rings. The maximum atomic E-state index is 12.2. The molecule has 1 aliphatic rings. The van der Waals surface area contributed by atoms with E-state index in [1.165, 1.54) is 4.90 Å². The van der Waals surface area contributed by atoms with Gasteiger partial charge in [-0.1, -0.05) is 30.3 Å². The highest BCUT2D eigenvalue weighted by molar-refractivity contribution is 6.04. The summed E-state index contributed by atoms with van der Waals surface area (Å²) in [6.07, 6.45) is 0. The van der Waals surface area contributed by atoms with Crippen LogP contribution >= 0.6 is 0 Å². The fourth-order valence-corrected chi connectivity index (χ4v) is 1.90. The van der Waals surface area contributed by atoms with Crippen LogP contribution < -0.4 is 5.32 Å². The fraction of sp³-hybridized carbons (Fsp3) is 0.385. The first-order chi connectivity index (χ1) is 8.59. The second-order valence-corrected chi connectivity index (χ2v) is 4.59. The first-order valence-corrected chi connectivity index (χ1v) is 5.91. The minimum Gasteiger partial charge on any atom is -0.322 e. The highest BCUT2D eigenvalue weighted by atomic mass is 16.2. The third-order valence-electron chi connectivity index (χ3n) is 2.93. The second kappa shape index (κ2) is 5.18. The number of carbonyl (C=O) groups is 2. The topological polar surface area (TPSA) is 52.6 Å². The number of likely N-dealkylation sites (N-methyl/N-ethyl adjacent to an activating group) is 1. The van der Waals surface area contributed by atoms with Gasteiger partial charge in [-0.15, -0.1) is 0 Å². The highest BCUT2D eigenvalue weighted by Crippen LogP contribution is 2.21. The molecule has 0 radical (unpaired) electrons. The zero-order valence-electron chi connectivity index (χ0n) is 10.6. The molecule has 1 saturated heterocycles. The Morgan fingerprint density at radius 2 is 1.89 bits per heavy atom. The van der Waals surface area contributed by atoms with Gasteiger partial charge in [0.05, 0.1) is 0 Å². The first kappa shape index (κ1) is 12.6. The van der Waals surface area contributed by atoms with Crippen molar-refractivity contribution in [1.82, 2.24) is 15.1 Å². The lowest BCUT2D eigenvalue weighted by Gasteiger charge is -2.16. The Morgan fingerprint density at radius 3 is 2.50 bits per heavy atom. The van der Waals surface area contributed by atoms with Gasteiger partial charge >= 0.3 is 6.03 Å². The summed E-state index contributed by atoms with van der Waals surface area (Å²) >= 11 is 0. The predicted octanol–water partition coefficient (Wildman–Crippen LogP) is 0.841. The van der Waals surface area contributed by atoms with E-state index in [0.29, 0.717) is 13.1 Å². The zero-order valence-corrected chi connectivity index (χ0v) is 10.6. The summed E-state index contributed by atoms with van der Waals surface area (Å²) in [4.78, 5) is 27.1. The van der Waals surface area contributed by atoms with E-state index in [2.05, 4.69) is 5.32 Å². The average Bonchev–Trinajstić information content (AvgIpc) is 2.63. The van der Waals surface area contributed by atoms with Crippen LogP contribution in [0.25, 0.3) is 0 Å². The van der Waals surface area contributed by atoms with Crippen molar-refractivity contribution in [3.05, 3.63) is 35.9 Å². The molecule has 1 aromatic carbocycles. The van der Waals surface area contributed by atoms with E-state index in [0.717, 1.165) is 5.56 Å². The highest BCUT2D eigenvalue weighted by Gasteiger charge is 2.38. The molecule has 0 aromatic heterocycles. The van der Waals surface area contributed by atoms with Crippen molar-refractivity contribution in [3.63, 3.8) is 0 Å². The minimum atomic E-state index is -0.541. The van der Waals surface area contributed by atoms with Gasteiger partial charge < -0.3 is 10.2 Å². The molecule has 0 saturated carbocycles. The molecule has 1 aromatic rings. The Labute approximate surface area is 106 Å². The summed E-state index contributed by atoms with van der Waals surface area (Å²) < 4.78 is 0. The van der Waals surface area contributed by atoms with Gasteiger partial charge in [0.25, 0.3) is 5.91 Å². The van der Waals surface area contributed by atoms with Gasteiger partial charge in [0.15, 0.2) is 0 Å². The van der Waals surface area contributed by atoms with E-state index in [1.807, 2.05) is 49.3 Å². The Hall–Kier alpha value is -1.88. The second-order valence-electron chi connectivity index (χ2n) is 4.59. The average molecular weight is 247 g/mol. The molecule has 3 amide bonds. The van der Waals surface area contributed by atoms with Crippen LogP contribution in [0.2, 0.25) is 0 Å². The quantitative estimate of drug-likeness (QED) is 0.802. The van der Waals surface area contributed by atoms with E-state index < -0.39 is 6.04 Å². The Balaban J connectivity index is 2.09. The number of hydrogen-bond acceptors (Lipinski definition) is 3. The molecular weight excluding hydrogens is 230 g/mol. The van der Waals surface area contributed by atoms with Crippen molar-refractivity contribution in [2.45, 2.75) is 6.04 Å². The van der Waals surface area contributed by atoms with Crippen molar-refractivity contribution in [1.29, 1.82) is 0 Å². The van der Waals surface area contributed by atoms with Gasteiger partial charge in [-0.3, -0.25) is 9.69 Å². The summed E-state index contributed by atoms with van der Waals surface area (Å²) in [5, 5.41) is 2.71. The number of urea groups is 1. The zero-order chi connectivity index (χ0) is 13.1. The number of carbonyl (C=O) groups excluding carboxylic acids is 2. The number of benzene rings is 1. The maximum Gasteiger partial charge on any atom is 0.325 e. The lowest BCUT2D eigenvalue weighted by Crippen LogP contribution is -2.36. The Kier molecular flexibility index (Phi) is 3.62. The molecule has 1 unspecified atom stereocenters. The molecular formula is C13H17N3O2. The van der Waals surface area contributed by atoms with E-state index in [4.69, 9.17) is 0 Å². The van der Waals surface area contributed by atoms with Crippen molar-refractivity contribution >= 4 is 11.9 Å². The summed E-state index contributed by atoms with van der Waals surface area (Å²) in [5.41, 5.74) is 0.822. The van der Waals surface area contributed by atoms with E-state index in [9.17, 15) is 9.59 Å². The van der Waals surface area contributed by atoms with E-state index >= 15 is 0 Å². The molecule has 0 spiro atoms. The van der Waals surface area contributed by atoms with Crippen LogP contribution in [0, 0.1) is 0 Å². The van der Waals surface area contributed by atoms with Crippen molar-refractivity contribution in [2.75, 3.05) is 27.2 Å². The van der Waals surface area contributed by atoms with E-state index in [-0.39, 0.29) is 11.9 Å². The van der Waals surface area contributed by atoms with Crippen LogP contribution in [-0.2, 0) is 4.79 Å². The van der Waals surface area contributed by atoms with Crippen LogP contribution in [0.5, 0.6) is 0 Å². The summed E-state index contributed by atoms with van der Waals surface area (Å²) in [7, 11) is 3.82. The standard InChI is InChI=1S/C13H17N3O2/c1-15(2)8-9-16-12(17)11(14-13(16)18)10-6-4-3-5-7-10/h3-7,11H,8-9H2,1-2H3,(H,14,18). The molecule has 1 N–H and O–H groups in total. The van der Waals surface area contributed by atoms with Gasteiger partial charge in [0.1, 0.15) is 6.04 Å². The largest absolute Gasteiger partial charge is 0.325 e. The van der Waals surface area contributed by atoms with Crippen molar-refractivity contribution in [2.24, 2.45) is 0 Å². The number of amides is 3. The molecule has 1 heterocycles. The smallest absolute Gasteiger partial charge is 0.322 e. The molecule has 5 nitrogen and oxygen atoms in total. The van der Waals surface area contributed by atoms with Crippen LogP contribution in [0.1, 0.15) is 11.6 Å². The predicted molar refractivity (Wildman–Crippen MR) is 68.0 cm³/mol. The van der Waals surface area contributed by atoms with E-state index in [1.54, 1.807) is 0 Å². The van der Waals surface area contributed by atoms with Crippen molar-refractivity contribution in [3.8, 4) is 0 Å². The minimum absolute atomic E-state index is 0.173. The SMILES string of the molecule is CN(C)CCN1C(=O)NC(c2ccccc2)C1=O. The lowest BCUT2D eigenvalue weighted by atomic mass is 10.1. The monoisotopic (exact) mass is 247 g/mol. The number of nitrogens with one attached hydrogen (secondary N) is 1. The molecule has 5 heteroatoms. The summed E-state index contributed by atoms with van der Waals surface area (Å²) in [5.74, 6) is -0.173. The number of rotatable bonds is 4. The third-order valence-corrected chi connectivity index (χ3v) is 2.93. The summed E-state index contributed by atoms with van der Waals surface area (Å²) in [6, 6.07) is 8.44. The molecule has 96 valence electrons. The number of nitrogens with zero attached hydrogens (tertiary/aromatic N) is 2. The van der Waals surface area contributed by atoms with Gasteiger partial charge in [0, 0.05) is 13.1 Å². The molecule has 0 aliphatic carbocycles. The normalized spacial score (nSPS) is 19.5. The number of imide groups is 1. The van der Waals surface area contributed by atoms with Crippen LogP contribution in [0.4, 0.5) is 4.79 Å². The van der Waals surface area contributed by atoms with Gasteiger partial charge in [-0.2, -0.15) is 0 Å². The molecule has 0 bridgehead atoms. The Morgan fingerprint density at radius 1 is 1.22 bits per heavy atom. The molecule has 2 rings (SSSR count). The summed E-state index contributed by atoms with van der Waals surface area (Å²) in [6.45, 7) is 1.08. The van der Waals surface area contributed by atoms with Gasteiger partial charge in [-0.25, -0.2) is 4.79 Å². The number of hydrogen-bond donors (Lipinski definition) is 1. The fourth-order valence-electron chi connectivity index (χ4n) is 1.90. The first-order valence-electron chi connectivity index (χ1n) is 5.91. The van der Waals surface area contributed by atoms with Gasteiger partial charge in [0.2, 0.25) is 0 Å². The third kappa shape index (κ3) is 2.51. The maximum absolute atomic E-state index is 12.2. The molecule has 1 atom stereocenters. The van der Waals surface area contributed by atoms with Crippen LogP contribution in [0.3, 0.4) is 0 Å². The Bertz CT molecular complexity index is 445. The van der Waals surface area contributed by atoms with Gasteiger partial charge in [-0.05, 0) is 19.7 Å². The molecule has 1 aliphatic heterocycles. The van der Waals surface area contributed by atoms with Crippen molar-refractivity contribution < 1.29 is 9.59 Å². The van der Waals surface area contributed by atoms with Crippen LogP contribution in [0.15, 0.2) is 30.3 Å². The molecule has 18 heavy (non-hydrogen) atoms. The lowest BCUT2D eigenvalue weighted by molar-refractivity contribution is -0.127.